The Morgan fingerprint density at radius 2 is 1.76 bits per heavy atom. The lowest BCUT2D eigenvalue weighted by atomic mass is 10.0. The highest BCUT2D eigenvalue weighted by molar-refractivity contribution is 6.34. The fraction of sp³-hybridized carbons (Fsp3) is 0.250. The van der Waals surface area contributed by atoms with Crippen LogP contribution in [0.4, 0.5) is 0 Å². The van der Waals surface area contributed by atoms with Gasteiger partial charge in [0.05, 0.1) is 23.8 Å². The van der Waals surface area contributed by atoms with Crippen molar-refractivity contribution in [1.29, 1.82) is 0 Å². The summed E-state index contributed by atoms with van der Waals surface area (Å²) in [7, 11) is 1.55. The molecule has 0 fully saturated rings. The van der Waals surface area contributed by atoms with Crippen molar-refractivity contribution in [3.05, 3.63) is 57.6 Å². The van der Waals surface area contributed by atoms with Crippen LogP contribution in [-0.4, -0.2) is 18.8 Å². The Hall–Kier alpha value is -1.42. The third kappa shape index (κ3) is 3.43. The van der Waals surface area contributed by atoms with Crippen molar-refractivity contribution < 1.29 is 14.6 Å². The van der Waals surface area contributed by atoms with E-state index >= 15 is 0 Å². The van der Waals surface area contributed by atoms with E-state index in [9.17, 15) is 5.11 Å². The Balaban J connectivity index is 2.44. The molecule has 2 aromatic carbocycles. The SMILES string of the molecule is CCOc1cc(Cl)c(C(O)c2ccccc2OC)cc1Cl. The van der Waals surface area contributed by atoms with Crippen LogP contribution in [0.15, 0.2) is 36.4 Å². The van der Waals surface area contributed by atoms with E-state index < -0.39 is 6.10 Å². The van der Waals surface area contributed by atoms with Gasteiger partial charge in [-0.15, -0.1) is 0 Å². The van der Waals surface area contributed by atoms with Crippen molar-refractivity contribution in [2.45, 2.75) is 13.0 Å². The topological polar surface area (TPSA) is 38.7 Å². The molecule has 1 atom stereocenters. The molecule has 21 heavy (non-hydrogen) atoms. The van der Waals surface area contributed by atoms with Crippen LogP contribution in [0.25, 0.3) is 0 Å². The Kier molecular flexibility index (Phi) is 5.34. The van der Waals surface area contributed by atoms with Gasteiger partial charge in [0.15, 0.2) is 0 Å². The zero-order valence-corrected chi connectivity index (χ0v) is 13.3. The number of aliphatic hydroxyl groups is 1. The van der Waals surface area contributed by atoms with Gasteiger partial charge in [0.1, 0.15) is 17.6 Å². The van der Waals surface area contributed by atoms with Gasteiger partial charge < -0.3 is 14.6 Å². The first-order valence-corrected chi connectivity index (χ1v) is 7.26. The van der Waals surface area contributed by atoms with Crippen LogP contribution in [-0.2, 0) is 0 Å². The second kappa shape index (κ2) is 7.03. The number of ether oxygens (including phenoxy) is 2. The second-order valence-corrected chi connectivity index (χ2v) is 5.20. The fourth-order valence-electron chi connectivity index (χ4n) is 2.08. The zero-order valence-electron chi connectivity index (χ0n) is 11.8. The Morgan fingerprint density at radius 3 is 2.43 bits per heavy atom. The van der Waals surface area contributed by atoms with Gasteiger partial charge in [-0.1, -0.05) is 41.4 Å². The molecule has 0 aromatic heterocycles. The normalized spacial score (nSPS) is 12.0. The summed E-state index contributed by atoms with van der Waals surface area (Å²) in [6.45, 7) is 2.35. The molecule has 0 bridgehead atoms. The van der Waals surface area contributed by atoms with Gasteiger partial charge in [-0.3, -0.25) is 0 Å². The average Bonchev–Trinajstić information content (AvgIpc) is 2.50. The Morgan fingerprint density at radius 1 is 1.05 bits per heavy atom. The molecule has 0 aliphatic heterocycles. The summed E-state index contributed by atoms with van der Waals surface area (Å²) in [6.07, 6.45) is -0.929. The number of benzene rings is 2. The van der Waals surface area contributed by atoms with E-state index in [1.54, 1.807) is 31.4 Å². The molecular weight excluding hydrogens is 311 g/mol. The molecule has 0 spiro atoms. The maximum atomic E-state index is 10.6. The first kappa shape index (κ1) is 16.0. The molecule has 0 saturated heterocycles. The van der Waals surface area contributed by atoms with Gasteiger partial charge in [-0.2, -0.15) is 0 Å². The summed E-state index contributed by atoms with van der Waals surface area (Å²) < 4.78 is 10.6. The minimum atomic E-state index is -0.929. The van der Waals surface area contributed by atoms with E-state index in [4.69, 9.17) is 32.7 Å². The van der Waals surface area contributed by atoms with Crippen LogP contribution in [0.1, 0.15) is 24.2 Å². The standard InChI is InChI=1S/C16H16Cl2O3/c1-3-21-15-9-12(17)11(8-13(15)18)16(19)10-6-4-5-7-14(10)20-2/h4-9,16,19H,3H2,1-2H3. The van der Waals surface area contributed by atoms with Crippen LogP contribution in [0, 0.1) is 0 Å². The van der Waals surface area contributed by atoms with E-state index in [2.05, 4.69) is 0 Å². The van der Waals surface area contributed by atoms with Crippen molar-refractivity contribution in [1.82, 2.24) is 0 Å². The molecule has 2 aromatic rings. The Bertz CT molecular complexity index is 629. The summed E-state index contributed by atoms with van der Waals surface area (Å²) in [4.78, 5) is 0. The summed E-state index contributed by atoms with van der Waals surface area (Å²) in [5, 5.41) is 11.4. The highest BCUT2D eigenvalue weighted by Gasteiger charge is 2.19. The predicted octanol–water partition coefficient (Wildman–Crippen LogP) is 4.48. The largest absolute Gasteiger partial charge is 0.496 e. The lowest BCUT2D eigenvalue weighted by molar-refractivity contribution is 0.214. The Labute approximate surface area is 134 Å². The summed E-state index contributed by atoms with van der Waals surface area (Å²) in [5.41, 5.74) is 1.14. The molecular formula is C16H16Cl2O3. The van der Waals surface area contributed by atoms with Crippen LogP contribution >= 0.6 is 23.2 Å². The monoisotopic (exact) mass is 326 g/mol. The third-order valence-electron chi connectivity index (χ3n) is 3.08. The quantitative estimate of drug-likeness (QED) is 0.880. The van der Waals surface area contributed by atoms with Crippen LogP contribution in [0.5, 0.6) is 11.5 Å². The van der Waals surface area contributed by atoms with E-state index in [-0.39, 0.29) is 0 Å². The highest BCUT2D eigenvalue weighted by Crippen LogP contribution is 2.38. The molecule has 112 valence electrons. The lowest BCUT2D eigenvalue weighted by Crippen LogP contribution is -2.04. The van der Waals surface area contributed by atoms with Gasteiger partial charge in [0.25, 0.3) is 0 Å². The molecule has 0 amide bonds. The van der Waals surface area contributed by atoms with Gasteiger partial charge in [0.2, 0.25) is 0 Å². The molecule has 5 heteroatoms. The second-order valence-electron chi connectivity index (χ2n) is 4.38. The van der Waals surface area contributed by atoms with Crippen LogP contribution < -0.4 is 9.47 Å². The van der Waals surface area contributed by atoms with Crippen molar-refractivity contribution in [3.8, 4) is 11.5 Å². The minimum Gasteiger partial charge on any atom is -0.496 e. The molecule has 0 radical (unpaired) electrons. The highest BCUT2D eigenvalue weighted by atomic mass is 35.5. The van der Waals surface area contributed by atoms with Gasteiger partial charge in [-0.25, -0.2) is 0 Å². The number of methoxy groups -OCH3 is 1. The molecule has 3 nitrogen and oxygen atoms in total. The first-order chi connectivity index (χ1) is 10.1. The molecule has 0 heterocycles. The first-order valence-electron chi connectivity index (χ1n) is 6.51. The molecule has 2 rings (SSSR count). The van der Waals surface area contributed by atoms with Crippen molar-refractivity contribution in [2.75, 3.05) is 13.7 Å². The molecule has 0 saturated carbocycles. The molecule has 1 unspecified atom stereocenters. The number of para-hydroxylation sites is 1. The maximum absolute atomic E-state index is 10.6. The average molecular weight is 327 g/mol. The third-order valence-corrected chi connectivity index (χ3v) is 3.70. The van der Waals surface area contributed by atoms with E-state index in [0.29, 0.717) is 39.3 Å². The number of halogens is 2. The van der Waals surface area contributed by atoms with Crippen molar-refractivity contribution in [3.63, 3.8) is 0 Å². The lowest BCUT2D eigenvalue weighted by Gasteiger charge is -2.17. The maximum Gasteiger partial charge on any atom is 0.139 e. The molecule has 0 aliphatic rings. The van der Waals surface area contributed by atoms with Crippen molar-refractivity contribution >= 4 is 23.2 Å². The summed E-state index contributed by atoms with van der Waals surface area (Å²) >= 11 is 12.4. The number of rotatable bonds is 5. The van der Waals surface area contributed by atoms with Gasteiger partial charge in [-0.05, 0) is 19.1 Å². The smallest absolute Gasteiger partial charge is 0.139 e. The van der Waals surface area contributed by atoms with E-state index in [1.807, 2.05) is 19.1 Å². The minimum absolute atomic E-state index is 0.390. The molecule has 1 N–H and O–H groups in total. The summed E-state index contributed by atoms with van der Waals surface area (Å²) in [5.74, 6) is 1.09. The van der Waals surface area contributed by atoms with E-state index in [1.165, 1.54) is 0 Å². The number of aliphatic hydroxyl groups excluding tert-OH is 1. The molecule has 0 aliphatic carbocycles. The zero-order chi connectivity index (χ0) is 15.4. The van der Waals surface area contributed by atoms with Crippen molar-refractivity contribution in [2.24, 2.45) is 0 Å². The number of hydrogen-bond donors (Lipinski definition) is 1. The van der Waals surface area contributed by atoms with E-state index in [0.717, 1.165) is 0 Å². The fourth-order valence-corrected chi connectivity index (χ4v) is 2.56. The number of hydrogen-bond acceptors (Lipinski definition) is 3. The van der Waals surface area contributed by atoms with Gasteiger partial charge >= 0.3 is 0 Å². The van der Waals surface area contributed by atoms with Crippen LogP contribution in [0.2, 0.25) is 10.0 Å². The summed E-state index contributed by atoms with van der Waals surface area (Å²) in [6, 6.07) is 10.5. The van der Waals surface area contributed by atoms with Crippen LogP contribution in [0.3, 0.4) is 0 Å². The predicted molar refractivity (Wildman–Crippen MR) is 84.7 cm³/mol. The van der Waals surface area contributed by atoms with Gasteiger partial charge in [0, 0.05) is 17.2 Å².